The lowest BCUT2D eigenvalue weighted by Crippen LogP contribution is -2.10. The van der Waals surface area contributed by atoms with Crippen LogP contribution in [0.2, 0.25) is 0 Å². The van der Waals surface area contributed by atoms with E-state index < -0.39 is 0 Å². The van der Waals surface area contributed by atoms with Gasteiger partial charge in [-0.05, 0) is 18.6 Å². The maximum atomic E-state index is 11.6. The number of phenols is 1. The normalized spacial score (nSPS) is 10.1. The number of aromatic amines is 1. The standard InChI is InChI=1S/C11H11N3O2/c1-7-2-3-9(4-10(7)15)14-11(16)8-5-12-13-6-8/h2-6,15H,1H3,(H,12,13)(H,14,16). The van der Waals surface area contributed by atoms with Gasteiger partial charge in [-0.1, -0.05) is 6.07 Å². The summed E-state index contributed by atoms with van der Waals surface area (Å²) in [7, 11) is 0. The highest BCUT2D eigenvalue weighted by Gasteiger charge is 2.07. The lowest BCUT2D eigenvalue weighted by molar-refractivity contribution is 0.102. The second-order valence-electron chi connectivity index (χ2n) is 3.44. The maximum Gasteiger partial charge on any atom is 0.258 e. The van der Waals surface area contributed by atoms with Crippen molar-refractivity contribution < 1.29 is 9.90 Å². The van der Waals surface area contributed by atoms with E-state index in [-0.39, 0.29) is 11.7 Å². The molecule has 0 atom stereocenters. The number of aryl methyl sites for hydroxylation is 1. The Kier molecular flexibility index (Phi) is 2.59. The van der Waals surface area contributed by atoms with E-state index in [9.17, 15) is 9.90 Å². The number of H-pyrrole nitrogens is 1. The topological polar surface area (TPSA) is 78.0 Å². The Morgan fingerprint density at radius 2 is 2.31 bits per heavy atom. The van der Waals surface area contributed by atoms with Crippen molar-refractivity contribution in [3.8, 4) is 5.75 Å². The molecule has 3 N–H and O–H groups in total. The second kappa shape index (κ2) is 4.06. The fourth-order valence-electron chi connectivity index (χ4n) is 1.27. The van der Waals surface area contributed by atoms with Crippen molar-refractivity contribution in [2.24, 2.45) is 0 Å². The van der Waals surface area contributed by atoms with Crippen LogP contribution in [0, 0.1) is 6.92 Å². The Morgan fingerprint density at radius 3 is 2.94 bits per heavy atom. The van der Waals surface area contributed by atoms with Crippen molar-refractivity contribution in [2.75, 3.05) is 5.32 Å². The molecular formula is C11H11N3O2. The van der Waals surface area contributed by atoms with Crippen LogP contribution >= 0.6 is 0 Å². The highest BCUT2D eigenvalue weighted by atomic mass is 16.3. The smallest absolute Gasteiger partial charge is 0.258 e. The molecule has 82 valence electrons. The van der Waals surface area contributed by atoms with Gasteiger partial charge in [0, 0.05) is 18.0 Å². The number of aromatic nitrogens is 2. The second-order valence-corrected chi connectivity index (χ2v) is 3.44. The van der Waals surface area contributed by atoms with Crippen LogP contribution < -0.4 is 5.32 Å². The quantitative estimate of drug-likeness (QED) is 0.716. The number of rotatable bonds is 2. The van der Waals surface area contributed by atoms with Gasteiger partial charge in [-0.15, -0.1) is 0 Å². The summed E-state index contributed by atoms with van der Waals surface area (Å²) >= 11 is 0. The third-order valence-corrected chi connectivity index (χ3v) is 2.23. The average Bonchev–Trinajstić information content (AvgIpc) is 2.77. The molecule has 0 fully saturated rings. The first-order valence-electron chi connectivity index (χ1n) is 4.76. The lowest BCUT2D eigenvalue weighted by Gasteiger charge is -2.05. The largest absolute Gasteiger partial charge is 0.508 e. The molecule has 0 radical (unpaired) electrons. The number of aromatic hydroxyl groups is 1. The summed E-state index contributed by atoms with van der Waals surface area (Å²) in [5.41, 5.74) is 1.76. The van der Waals surface area contributed by atoms with E-state index in [0.717, 1.165) is 5.56 Å². The predicted molar refractivity (Wildman–Crippen MR) is 59.4 cm³/mol. The van der Waals surface area contributed by atoms with Gasteiger partial charge >= 0.3 is 0 Å². The van der Waals surface area contributed by atoms with Crippen molar-refractivity contribution >= 4 is 11.6 Å². The van der Waals surface area contributed by atoms with Crippen LogP contribution in [-0.2, 0) is 0 Å². The molecule has 0 saturated carbocycles. The fraction of sp³-hybridized carbons (Fsp3) is 0.0909. The zero-order chi connectivity index (χ0) is 11.5. The Hall–Kier alpha value is -2.30. The molecule has 0 spiro atoms. The lowest BCUT2D eigenvalue weighted by atomic mass is 10.2. The molecule has 1 aromatic heterocycles. The summed E-state index contributed by atoms with van der Waals surface area (Å²) in [4.78, 5) is 11.6. The molecule has 2 rings (SSSR count). The Labute approximate surface area is 92.1 Å². The molecule has 1 amide bonds. The number of amides is 1. The number of benzene rings is 1. The zero-order valence-electron chi connectivity index (χ0n) is 8.69. The third-order valence-electron chi connectivity index (χ3n) is 2.23. The van der Waals surface area contributed by atoms with E-state index in [1.54, 1.807) is 19.1 Å². The van der Waals surface area contributed by atoms with Crippen LogP contribution in [0.15, 0.2) is 30.6 Å². The number of hydrogen-bond donors (Lipinski definition) is 3. The summed E-state index contributed by atoms with van der Waals surface area (Å²) in [6.45, 7) is 1.79. The van der Waals surface area contributed by atoms with Crippen LogP contribution in [0.3, 0.4) is 0 Å². The van der Waals surface area contributed by atoms with Crippen molar-refractivity contribution in [3.05, 3.63) is 41.7 Å². The minimum atomic E-state index is -0.267. The Bertz CT molecular complexity index is 506. The van der Waals surface area contributed by atoms with E-state index >= 15 is 0 Å². The zero-order valence-corrected chi connectivity index (χ0v) is 8.69. The van der Waals surface area contributed by atoms with E-state index in [1.807, 2.05) is 0 Å². The molecule has 16 heavy (non-hydrogen) atoms. The summed E-state index contributed by atoms with van der Waals surface area (Å²) in [6.07, 6.45) is 2.94. The first kappa shape index (κ1) is 10.2. The third kappa shape index (κ3) is 2.03. The number of nitrogens with zero attached hydrogens (tertiary/aromatic N) is 1. The molecule has 2 aromatic rings. The van der Waals surface area contributed by atoms with Gasteiger partial charge in [-0.25, -0.2) is 0 Å². The molecule has 0 unspecified atom stereocenters. The van der Waals surface area contributed by atoms with E-state index in [4.69, 9.17) is 0 Å². The highest BCUT2D eigenvalue weighted by Crippen LogP contribution is 2.21. The number of hydrogen-bond acceptors (Lipinski definition) is 3. The summed E-state index contributed by atoms with van der Waals surface area (Å²) in [5.74, 6) is -0.109. The van der Waals surface area contributed by atoms with Gasteiger partial charge in [0.1, 0.15) is 5.75 Å². The Morgan fingerprint density at radius 1 is 1.50 bits per heavy atom. The minimum Gasteiger partial charge on any atom is -0.508 e. The minimum absolute atomic E-state index is 0.157. The van der Waals surface area contributed by atoms with Gasteiger partial charge in [-0.3, -0.25) is 9.89 Å². The van der Waals surface area contributed by atoms with Crippen molar-refractivity contribution in [1.29, 1.82) is 0 Å². The van der Waals surface area contributed by atoms with Gasteiger partial charge in [0.05, 0.1) is 11.8 Å². The van der Waals surface area contributed by atoms with Crippen LogP contribution in [-0.4, -0.2) is 21.2 Å². The van der Waals surface area contributed by atoms with Crippen molar-refractivity contribution in [3.63, 3.8) is 0 Å². The number of anilines is 1. The number of phenolic OH excluding ortho intramolecular Hbond substituents is 1. The van der Waals surface area contributed by atoms with Crippen LogP contribution in [0.4, 0.5) is 5.69 Å². The molecular weight excluding hydrogens is 206 g/mol. The SMILES string of the molecule is Cc1ccc(NC(=O)c2cn[nH]c2)cc1O. The van der Waals surface area contributed by atoms with Crippen LogP contribution in [0.5, 0.6) is 5.75 Å². The maximum absolute atomic E-state index is 11.6. The molecule has 1 aromatic carbocycles. The van der Waals surface area contributed by atoms with Crippen LogP contribution in [0.1, 0.15) is 15.9 Å². The van der Waals surface area contributed by atoms with Crippen molar-refractivity contribution in [2.45, 2.75) is 6.92 Å². The molecule has 0 aliphatic heterocycles. The number of nitrogens with one attached hydrogen (secondary N) is 2. The number of carbonyl (C=O) groups excluding carboxylic acids is 1. The molecule has 0 bridgehead atoms. The number of carbonyl (C=O) groups is 1. The first-order chi connectivity index (χ1) is 7.66. The van der Waals surface area contributed by atoms with Crippen LogP contribution in [0.25, 0.3) is 0 Å². The summed E-state index contributed by atoms with van der Waals surface area (Å²) in [5, 5.41) is 18.4. The first-order valence-corrected chi connectivity index (χ1v) is 4.76. The molecule has 0 aliphatic carbocycles. The monoisotopic (exact) mass is 217 g/mol. The van der Waals surface area contributed by atoms with Gasteiger partial charge < -0.3 is 10.4 Å². The molecule has 5 nitrogen and oxygen atoms in total. The molecule has 5 heteroatoms. The molecule has 0 saturated heterocycles. The summed E-state index contributed by atoms with van der Waals surface area (Å²) in [6, 6.07) is 4.97. The fourth-order valence-corrected chi connectivity index (χ4v) is 1.27. The molecule has 0 aliphatic rings. The van der Waals surface area contributed by atoms with E-state index in [0.29, 0.717) is 11.3 Å². The van der Waals surface area contributed by atoms with Crippen molar-refractivity contribution in [1.82, 2.24) is 10.2 Å². The molecule has 1 heterocycles. The summed E-state index contributed by atoms with van der Waals surface area (Å²) < 4.78 is 0. The Balaban J connectivity index is 2.15. The van der Waals surface area contributed by atoms with Gasteiger partial charge in [0.15, 0.2) is 0 Å². The highest BCUT2D eigenvalue weighted by molar-refractivity contribution is 6.03. The predicted octanol–water partition coefficient (Wildman–Crippen LogP) is 1.68. The average molecular weight is 217 g/mol. The van der Waals surface area contributed by atoms with Gasteiger partial charge in [0.25, 0.3) is 5.91 Å². The van der Waals surface area contributed by atoms with Gasteiger partial charge in [-0.2, -0.15) is 5.10 Å². The van der Waals surface area contributed by atoms with E-state index in [2.05, 4.69) is 15.5 Å². The van der Waals surface area contributed by atoms with E-state index in [1.165, 1.54) is 18.5 Å². The van der Waals surface area contributed by atoms with Gasteiger partial charge in [0.2, 0.25) is 0 Å².